The van der Waals surface area contributed by atoms with E-state index in [1.807, 2.05) is 32.0 Å². The first kappa shape index (κ1) is 11.7. The Bertz CT molecular complexity index is 361. The van der Waals surface area contributed by atoms with Crippen LogP contribution in [0.1, 0.15) is 29.2 Å². The third-order valence-corrected chi connectivity index (χ3v) is 2.45. The molecule has 2 N–H and O–H groups in total. The highest BCUT2D eigenvalue weighted by atomic mass is 16.5. The highest BCUT2D eigenvalue weighted by Gasteiger charge is 2.13. The van der Waals surface area contributed by atoms with Crippen LogP contribution in [0, 0.1) is 13.8 Å². The van der Waals surface area contributed by atoms with E-state index in [1.165, 1.54) is 7.11 Å². The van der Waals surface area contributed by atoms with E-state index in [1.54, 1.807) is 0 Å². The molecule has 0 saturated heterocycles. The molecule has 1 aromatic rings. The lowest BCUT2D eigenvalue weighted by Crippen LogP contribution is -2.17. The fraction of sp³-hybridized carbons (Fsp3) is 0.417. The molecule has 1 rings (SSSR count). The molecule has 0 bridgehead atoms. The minimum atomic E-state index is -0.280. The van der Waals surface area contributed by atoms with E-state index >= 15 is 0 Å². The third kappa shape index (κ3) is 3.06. The lowest BCUT2D eigenvalue weighted by molar-refractivity contribution is -0.141. The number of hydrogen-bond donors (Lipinski definition) is 1. The number of ether oxygens (including phenoxy) is 1. The smallest absolute Gasteiger partial charge is 0.307 e. The highest BCUT2D eigenvalue weighted by Crippen LogP contribution is 2.20. The van der Waals surface area contributed by atoms with Gasteiger partial charge in [0.25, 0.3) is 0 Å². The molecule has 3 heteroatoms. The maximum absolute atomic E-state index is 11.1. The Hall–Kier alpha value is -1.35. The molecule has 0 aliphatic carbocycles. The van der Waals surface area contributed by atoms with Crippen LogP contribution in [0.2, 0.25) is 0 Å². The van der Waals surface area contributed by atoms with E-state index in [-0.39, 0.29) is 18.4 Å². The summed E-state index contributed by atoms with van der Waals surface area (Å²) in [5, 5.41) is 0. The molecule has 0 saturated carbocycles. The van der Waals surface area contributed by atoms with Crippen molar-refractivity contribution < 1.29 is 9.53 Å². The molecule has 0 fully saturated rings. The zero-order chi connectivity index (χ0) is 11.4. The van der Waals surface area contributed by atoms with E-state index in [0.717, 1.165) is 16.7 Å². The van der Waals surface area contributed by atoms with Crippen molar-refractivity contribution in [2.24, 2.45) is 5.73 Å². The van der Waals surface area contributed by atoms with Crippen LogP contribution in [0.5, 0.6) is 0 Å². The normalized spacial score (nSPS) is 12.3. The molecule has 0 aromatic heterocycles. The van der Waals surface area contributed by atoms with E-state index in [2.05, 4.69) is 4.74 Å². The van der Waals surface area contributed by atoms with Crippen LogP contribution in [-0.4, -0.2) is 13.1 Å². The van der Waals surface area contributed by atoms with Crippen LogP contribution in [0.3, 0.4) is 0 Å². The van der Waals surface area contributed by atoms with Crippen LogP contribution in [0.4, 0.5) is 0 Å². The molecule has 0 radical (unpaired) electrons. The fourth-order valence-electron chi connectivity index (χ4n) is 1.53. The number of methoxy groups -OCH3 is 1. The van der Waals surface area contributed by atoms with Gasteiger partial charge in [0.2, 0.25) is 0 Å². The van der Waals surface area contributed by atoms with Crippen LogP contribution in [0.15, 0.2) is 18.2 Å². The second kappa shape index (κ2) is 4.94. The van der Waals surface area contributed by atoms with Gasteiger partial charge in [-0.05, 0) is 25.0 Å². The standard InChI is InChI=1S/C12H17NO2/c1-8-4-5-9(2)10(6-8)11(13)7-12(14)15-3/h4-6,11H,7,13H2,1-3H3/t11-/m0/s1. The van der Waals surface area contributed by atoms with Gasteiger partial charge in [-0.1, -0.05) is 23.8 Å². The largest absolute Gasteiger partial charge is 0.469 e. The number of hydrogen-bond acceptors (Lipinski definition) is 3. The summed E-state index contributed by atoms with van der Waals surface area (Å²) in [5.74, 6) is -0.275. The predicted molar refractivity (Wildman–Crippen MR) is 59.5 cm³/mol. The van der Waals surface area contributed by atoms with Crippen LogP contribution < -0.4 is 5.73 Å². The Balaban J connectivity index is 2.85. The lowest BCUT2D eigenvalue weighted by atomic mass is 9.97. The van der Waals surface area contributed by atoms with Crippen molar-refractivity contribution in [2.45, 2.75) is 26.3 Å². The maximum Gasteiger partial charge on any atom is 0.307 e. The molecule has 1 atom stereocenters. The summed E-state index contributed by atoms with van der Waals surface area (Å²) in [6.07, 6.45) is 0.223. The van der Waals surface area contributed by atoms with E-state index < -0.39 is 0 Å². The Morgan fingerprint density at radius 1 is 1.47 bits per heavy atom. The second-order valence-electron chi connectivity index (χ2n) is 3.75. The van der Waals surface area contributed by atoms with Crippen LogP contribution >= 0.6 is 0 Å². The summed E-state index contributed by atoms with van der Waals surface area (Å²) in [6, 6.07) is 5.78. The van der Waals surface area contributed by atoms with Gasteiger partial charge in [0, 0.05) is 6.04 Å². The van der Waals surface area contributed by atoms with Crippen molar-refractivity contribution in [2.75, 3.05) is 7.11 Å². The van der Waals surface area contributed by atoms with Gasteiger partial charge in [-0.3, -0.25) is 4.79 Å². The third-order valence-electron chi connectivity index (χ3n) is 2.45. The van der Waals surface area contributed by atoms with Crippen LogP contribution in [-0.2, 0) is 9.53 Å². The monoisotopic (exact) mass is 207 g/mol. The highest BCUT2D eigenvalue weighted by molar-refractivity contribution is 5.70. The van der Waals surface area contributed by atoms with Gasteiger partial charge in [-0.15, -0.1) is 0 Å². The van der Waals surface area contributed by atoms with Crippen molar-refractivity contribution in [3.05, 3.63) is 34.9 Å². The molecular formula is C12H17NO2. The molecule has 0 heterocycles. The molecule has 15 heavy (non-hydrogen) atoms. The topological polar surface area (TPSA) is 52.3 Å². The molecule has 82 valence electrons. The summed E-state index contributed by atoms with van der Waals surface area (Å²) < 4.78 is 4.59. The summed E-state index contributed by atoms with van der Waals surface area (Å²) in [4.78, 5) is 11.1. The number of rotatable bonds is 3. The first-order chi connectivity index (χ1) is 7.04. The van der Waals surface area contributed by atoms with Gasteiger partial charge in [-0.2, -0.15) is 0 Å². The zero-order valence-corrected chi connectivity index (χ0v) is 9.41. The van der Waals surface area contributed by atoms with E-state index in [0.29, 0.717) is 0 Å². The molecular weight excluding hydrogens is 190 g/mol. The van der Waals surface area contributed by atoms with Gasteiger partial charge in [0.1, 0.15) is 0 Å². The van der Waals surface area contributed by atoms with Crippen molar-refractivity contribution >= 4 is 5.97 Å². The van der Waals surface area contributed by atoms with Gasteiger partial charge >= 0.3 is 5.97 Å². The van der Waals surface area contributed by atoms with Gasteiger partial charge in [0.05, 0.1) is 13.5 Å². The predicted octanol–water partition coefficient (Wildman–Crippen LogP) is 1.87. The van der Waals surface area contributed by atoms with E-state index in [4.69, 9.17) is 5.73 Å². The fourth-order valence-corrected chi connectivity index (χ4v) is 1.53. The molecule has 0 unspecified atom stereocenters. The summed E-state index contributed by atoms with van der Waals surface area (Å²) in [5.41, 5.74) is 9.21. The number of esters is 1. The quantitative estimate of drug-likeness (QED) is 0.770. The lowest BCUT2D eigenvalue weighted by Gasteiger charge is -2.14. The first-order valence-corrected chi connectivity index (χ1v) is 4.94. The molecule has 0 aliphatic heterocycles. The van der Waals surface area contributed by atoms with Crippen molar-refractivity contribution in [3.63, 3.8) is 0 Å². The zero-order valence-electron chi connectivity index (χ0n) is 9.41. The molecule has 0 aliphatic rings. The van der Waals surface area contributed by atoms with E-state index in [9.17, 15) is 4.79 Å². The second-order valence-corrected chi connectivity index (χ2v) is 3.75. The number of aryl methyl sites for hydroxylation is 2. The minimum absolute atomic E-state index is 0.223. The molecule has 0 amide bonds. The number of benzene rings is 1. The van der Waals surface area contributed by atoms with Crippen molar-refractivity contribution in [1.82, 2.24) is 0 Å². The number of carbonyl (C=O) groups excluding carboxylic acids is 1. The summed E-state index contributed by atoms with van der Waals surface area (Å²) >= 11 is 0. The Kier molecular flexibility index (Phi) is 3.86. The SMILES string of the molecule is COC(=O)C[C@H](N)c1cc(C)ccc1C. The van der Waals surface area contributed by atoms with Gasteiger partial charge in [-0.25, -0.2) is 0 Å². The van der Waals surface area contributed by atoms with Crippen molar-refractivity contribution in [3.8, 4) is 0 Å². The van der Waals surface area contributed by atoms with Crippen LogP contribution in [0.25, 0.3) is 0 Å². The average molecular weight is 207 g/mol. The van der Waals surface area contributed by atoms with Crippen molar-refractivity contribution in [1.29, 1.82) is 0 Å². The molecule has 3 nitrogen and oxygen atoms in total. The van der Waals surface area contributed by atoms with Gasteiger partial charge < -0.3 is 10.5 Å². The Morgan fingerprint density at radius 2 is 2.13 bits per heavy atom. The maximum atomic E-state index is 11.1. The number of carbonyl (C=O) groups is 1. The minimum Gasteiger partial charge on any atom is -0.469 e. The Morgan fingerprint density at radius 3 is 2.73 bits per heavy atom. The molecule has 0 spiro atoms. The molecule has 1 aromatic carbocycles. The number of nitrogens with two attached hydrogens (primary N) is 1. The average Bonchev–Trinajstić information content (AvgIpc) is 2.21. The Labute approximate surface area is 90.2 Å². The summed E-state index contributed by atoms with van der Waals surface area (Å²) in [7, 11) is 1.37. The summed E-state index contributed by atoms with van der Waals surface area (Å²) in [6.45, 7) is 4.00. The first-order valence-electron chi connectivity index (χ1n) is 4.94. The van der Waals surface area contributed by atoms with Gasteiger partial charge in [0.15, 0.2) is 0 Å².